The number of carbonyl (C=O) groups is 1. The van der Waals surface area contributed by atoms with Crippen molar-refractivity contribution < 1.29 is 18.5 Å². The smallest absolute Gasteiger partial charge is 0.257 e. The topological polar surface area (TPSA) is 93.6 Å². The van der Waals surface area contributed by atoms with Gasteiger partial charge in [0.15, 0.2) is 0 Å². The molecular weight excluding hydrogens is 372 g/mol. The fourth-order valence-electron chi connectivity index (χ4n) is 3.61. The van der Waals surface area contributed by atoms with Crippen molar-refractivity contribution in [2.24, 2.45) is 0 Å². The molecule has 0 aromatic carbocycles. The number of carbonyl (C=O) groups excluding carboxylic acids is 1. The van der Waals surface area contributed by atoms with Crippen molar-refractivity contribution in [3.8, 4) is 0 Å². The molecule has 1 saturated heterocycles. The van der Waals surface area contributed by atoms with E-state index in [9.17, 15) is 4.79 Å². The number of rotatable bonds is 6. The Hall–Kier alpha value is -2.71. The summed E-state index contributed by atoms with van der Waals surface area (Å²) in [6.07, 6.45) is 1.52. The largest absolute Gasteiger partial charge is 0.465 e. The van der Waals surface area contributed by atoms with E-state index in [1.807, 2.05) is 32.9 Å². The summed E-state index contributed by atoms with van der Waals surface area (Å²) in [5.74, 6) is 1.70. The van der Waals surface area contributed by atoms with Crippen molar-refractivity contribution in [1.29, 1.82) is 0 Å². The lowest BCUT2D eigenvalue weighted by Crippen LogP contribution is -2.43. The number of hydrogen-bond acceptors (Lipinski definition) is 7. The van der Waals surface area contributed by atoms with E-state index in [1.54, 1.807) is 6.07 Å². The highest BCUT2D eigenvalue weighted by Gasteiger charge is 2.26. The van der Waals surface area contributed by atoms with Gasteiger partial charge in [0.2, 0.25) is 0 Å². The molecule has 0 spiro atoms. The van der Waals surface area contributed by atoms with Crippen LogP contribution in [-0.4, -0.2) is 53.8 Å². The van der Waals surface area contributed by atoms with Gasteiger partial charge in [0.05, 0.1) is 35.9 Å². The third kappa shape index (κ3) is 4.18. The molecule has 8 nitrogen and oxygen atoms in total. The molecule has 4 rings (SSSR count). The summed E-state index contributed by atoms with van der Waals surface area (Å²) in [6, 6.07) is 5.67. The highest BCUT2D eigenvalue weighted by atomic mass is 16.5. The molecule has 154 valence electrons. The van der Waals surface area contributed by atoms with Gasteiger partial charge >= 0.3 is 0 Å². The molecule has 3 aromatic heterocycles. The van der Waals surface area contributed by atoms with Crippen LogP contribution in [-0.2, 0) is 4.74 Å². The second-order valence-corrected chi connectivity index (χ2v) is 7.62. The first kappa shape index (κ1) is 19.6. The Morgan fingerprint density at radius 3 is 2.76 bits per heavy atom. The van der Waals surface area contributed by atoms with Crippen molar-refractivity contribution in [3.05, 3.63) is 47.2 Å². The number of morpholine rings is 1. The van der Waals surface area contributed by atoms with Crippen LogP contribution >= 0.6 is 0 Å². The second-order valence-electron chi connectivity index (χ2n) is 7.62. The number of amides is 1. The molecule has 1 atom stereocenters. The number of nitrogens with zero attached hydrogens (tertiary/aromatic N) is 3. The Kier molecular flexibility index (Phi) is 5.64. The van der Waals surface area contributed by atoms with Crippen LogP contribution < -0.4 is 5.32 Å². The number of nitrogens with one attached hydrogen (secondary N) is 1. The number of furan rings is 1. The Morgan fingerprint density at radius 1 is 1.28 bits per heavy atom. The first-order valence-electron chi connectivity index (χ1n) is 9.94. The van der Waals surface area contributed by atoms with E-state index in [4.69, 9.17) is 13.7 Å². The predicted octanol–water partition coefficient (Wildman–Crippen LogP) is 3.05. The van der Waals surface area contributed by atoms with Crippen LogP contribution in [0.5, 0.6) is 0 Å². The van der Waals surface area contributed by atoms with E-state index in [2.05, 4.69) is 20.4 Å². The molecule has 4 heterocycles. The highest BCUT2D eigenvalue weighted by molar-refractivity contribution is 5.97. The summed E-state index contributed by atoms with van der Waals surface area (Å²) in [4.78, 5) is 19.4. The molecule has 29 heavy (non-hydrogen) atoms. The van der Waals surface area contributed by atoms with Crippen LogP contribution in [0.25, 0.3) is 11.1 Å². The normalized spacial score (nSPS) is 16.4. The first-order chi connectivity index (χ1) is 14.0. The maximum atomic E-state index is 12.8. The molecule has 1 unspecified atom stereocenters. The molecular formula is C21H26N4O4. The van der Waals surface area contributed by atoms with Crippen molar-refractivity contribution in [1.82, 2.24) is 20.4 Å². The molecule has 0 radical (unpaired) electrons. The quantitative estimate of drug-likeness (QED) is 0.682. The minimum atomic E-state index is -0.183. The van der Waals surface area contributed by atoms with Crippen LogP contribution in [0.15, 0.2) is 33.3 Å². The summed E-state index contributed by atoms with van der Waals surface area (Å²) >= 11 is 0. The van der Waals surface area contributed by atoms with Crippen LogP contribution in [0.1, 0.15) is 53.4 Å². The van der Waals surface area contributed by atoms with Crippen LogP contribution in [0.4, 0.5) is 0 Å². The SMILES string of the molecule is Cc1ccc(C(CNC(=O)c2cnc3onc(C(C)C)c3c2)N2CCOCC2)o1. The molecule has 1 aliphatic heterocycles. The van der Waals surface area contributed by atoms with E-state index >= 15 is 0 Å². The lowest BCUT2D eigenvalue weighted by molar-refractivity contribution is 0.0117. The van der Waals surface area contributed by atoms with Crippen molar-refractivity contribution >= 4 is 17.0 Å². The van der Waals surface area contributed by atoms with Gasteiger partial charge in [-0.15, -0.1) is 0 Å². The van der Waals surface area contributed by atoms with Gasteiger partial charge in [0.25, 0.3) is 11.6 Å². The van der Waals surface area contributed by atoms with Gasteiger partial charge in [-0.3, -0.25) is 9.69 Å². The van der Waals surface area contributed by atoms with E-state index < -0.39 is 0 Å². The van der Waals surface area contributed by atoms with Gasteiger partial charge in [-0.25, -0.2) is 4.98 Å². The summed E-state index contributed by atoms with van der Waals surface area (Å²) in [7, 11) is 0. The van der Waals surface area contributed by atoms with E-state index in [1.165, 1.54) is 6.20 Å². The number of aryl methyl sites for hydroxylation is 1. The number of aromatic nitrogens is 2. The average molecular weight is 398 g/mol. The minimum absolute atomic E-state index is 0.0462. The van der Waals surface area contributed by atoms with Crippen LogP contribution in [0.2, 0.25) is 0 Å². The third-order valence-corrected chi connectivity index (χ3v) is 5.20. The zero-order chi connectivity index (χ0) is 20.4. The number of hydrogen-bond donors (Lipinski definition) is 1. The Labute approximate surface area is 169 Å². The maximum absolute atomic E-state index is 12.8. The highest BCUT2D eigenvalue weighted by Crippen LogP contribution is 2.25. The number of fused-ring (bicyclic) bond motifs is 1. The fourth-order valence-corrected chi connectivity index (χ4v) is 3.61. The average Bonchev–Trinajstić information content (AvgIpc) is 3.34. The molecule has 0 saturated carbocycles. The van der Waals surface area contributed by atoms with Gasteiger partial charge in [0, 0.05) is 25.8 Å². The van der Waals surface area contributed by atoms with E-state index in [0.29, 0.717) is 31.0 Å². The predicted molar refractivity (Wildman–Crippen MR) is 107 cm³/mol. The molecule has 0 aliphatic carbocycles. The lowest BCUT2D eigenvalue weighted by atomic mass is 10.1. The zero-order valence-corrected chi connectivity index (χ0v) is 17.0. The molecule has 1 amide bonds. The molecule has 8 heteroatoms. The number of ether oxygens (including phenoxy) is 1. The Bertz CT molecular complexity index is 988. The van der Waals surface area contributed by atoms with Gasteiger partial charge < -0.3 is 19.0 Å². The van der Waals surface area contributed by atoms with Gasteiger partial charge in [-0.1, -0.05) is 19.0 Å². The monoisotopic (exact) mass is 398 g/mol. The Balaban J connectivity index is 1.51. The Morgan fingerprint density at radius 2 is 2.07 bits per heavy atom. The summed E-state index contributed by atoms with van der Waals surface area (Å²) in [5.41, 5.74) is 1.74. The van der Waals surface area contributed by atoms with Crippen LogP contribution in [0, 0.1) is 6.92 Å². The summed E-state index contributed by atoms with van der Waals surface area (Å²) in [6.45, 7) is 9.37. The standard InChI is InChI=1S/C21H26N4O4/c1-13(2)19-16-10-15(11-23-21(16)29-24-19)20(26)22-12-17(18-5-4-14(3)28-18)25-6-8-27-9-7-25/h4-5,10-11,13,17H,6-9,12H2,1-3H3,(H,22,26). The molecule has 1 aliphatic rings. The van der Waals surface area contributed by atoms with Gasteiger partial charge in [0.1, 0.15) is 11.5 Å². The molecule has 1 fully saturated rings. The molecule has 3 aromatic rings. The van der Waals surface area contributed by atoms with Crippen molar-refractivity contribution in [3.63, 3.8) is 0 Å². The van der Waals surface area contributed by atoms with E-state index in [0.717, 1.165) is 35.7 Å². The second kappa shape index (κ2) is 8.34. The maximum Gasteiger partial charge on any atom is 0.257 e. The third-order valence-electron chi connectivity index (χ3n) is 5.20. The molecule has 1 N–H and O–H groups in total. The van der Waals surface area contributed by atoms with Crippen molar-refractivity contribution in [2.45, 2.75) is 32.7 Å². The lowest BCUT2D eigenvalue weighted by Gasteiger charge is -2.33. The first-order valence-corrected chi connectivity index (χ1v) is 9.94. The minimum Gasteiger partial charge on any atom is -0.465 e. The fraction of sp³-hybridized carbons (Fsp3) is 0.476. The van der Waals surface area contributed by atoms with Crippen LogP contribution in [0.3, 0.4) is 0 Å². The van der Waals surface area contributed by atoms with Gasteiger partial charge in [-0.05, 0) is 31.0 Å². The zero-order valence-electron chi connectivity index (χ0n) is 17.0. The van der Waals surface area contributed by atoms with Crippen molar-refractivity contribution in [2.75, 3.05) is 32.8 Å². The van der Waals surface area contributed by atoms with E-state index in [-0.39, 0.29) is 17.9 Å². The van der Waals surface area contributed by atoms with Gasteiger partial charge in [-0.2, -0.15) is 0 Å². The number of pyridine rings is 1. The molecule has 0 bridgehead atoms. The summed E-state index contributed by atoms with van der Waals surface area (Å²) in [5, 5.41) is 7.89. The summed E-state index contributed by atoms with van der Waals surface area (Å²) < 4.78 is 16.6.